The quantitative estimate of drug-likeness (QED) is 0.729. The molecule has 20 heavy (non-hydrogen) atoms. The SMILES string of the molecule is CCOc1ccc2c(ccn2Cc2cc(C)nn2C)c1. The molecule has 0 amide bonds. The lowest BCUT2D eigenvalue weighted by Crippen LogP contribution is -2.04. The topological polar surface area (TPSA) is 32.0 Å². The molecule has 0 bridgehead atoms. The normalized spacial score (nSPS) is 11.2. The van der Waals surface area contributed by atoms with Gasteiger partial charge in [0.2, 0.25) is 0 Å². The van der Waals surface area contributed by atoms with Crippen LogP contribution in [0, 0.1) is 6.92 Å². The standard InChI is InChI=1S/C16H19N3O/c1-4-20-15-5-6-16-13(10-15)7-8-19(16)11-14-9-12(2)17-18(14)3/h5-10H,4,11H2,1-3H3. The van der Waals surface area contributed by atoms with Gasteiger partial charge in [-0.2, -0.15) is 5.10 Å². The van der Waals surface area contributed by atoms with Crippen LogP contribution in [0.25, 0.3) is 10.9 Å². The summed E-state index contributed by atoms with van der Waals surface area (Å²) in [6, 6.07) is 10.5. The van der Waals surface area contributed by atoms with Gasteiger partial charge in [0, 0.05) is 24.1 Å². The third-order valence-corrected chi connectivity index (χ3v) is 3.48. The maximum absolute atomic E-state index is 5.54. The van der Waals surface area contributed by atoms with Gasteiger partial charge in [0.15, 0.2) is 0 Å². The van der Waals surface area contributed by atoms with E-state index in [1.165, 1.54) is 16.6 Å². The van der Waals surface area contributed by atoms with E-state index in [9.17, 15) is 0 Å². The highest BCUT2D eigenvalue weighted by Crippen LogP contribution is 2.23. The minimum absolute atomic E-state index is 0.695. The average Bonchev–Trinajstić information content (AvgIpc) is 2.94. The van der Waals surface area contributed by atoms with Crippen molar-refractivity contribution in [1.29, 1.82) is 0 Å². The lowest BCUT2D eigenvalue weighted by molar-refractivity contribution is 0.340. The molecular formula is C16H19N3O. The highest BCUT2D eigenvalue weighted by atomic mass is 16.5. The molecule has 0 radical (unpaired) electrons. The van der Waals surface area contributed by atoms with E-state index in [2.05, 4.69) is 40.1 Å². The molecule has 1 aromatic carbocycles. The van der Waals surface area contributed by atoms with Crippen molar-refractivity contribution in [2.24, 2.45) is 7.05 Å². The Bertz CT molecular complexity index is 739. The maximum Gasteiger partial charge on any atom is 0.120 e. The number of ether oxygens (including phenoxy) is 1. The van der Waals surface area contributed by atoms with Gasteiger partial charge in [0.25, 0.3) is 0 Å². The van der Waals surface area contributed by atoms with E-state index >= 15 is 0 Å². The molecule has 0 aliphatic heterocycles. The molecule has 0 fully saturated rings. The number of fused-ring (bicyclic) bond motifs is 1. The van der Waals surface area contributed by atoms with E-state index in [4.69, 9.17) is 4.74 Å². The van der Waals surface area contributed by atoms with E-state index in [-0.39, 0.29) is 0 Å². The van der Waals surface area contributed by atoms with Gasteiger partial charge in [0.1, 0.15) is 5.75 Å². The number of benzene rings is 1. The number of aromatic nitrogens is 3. The average molecular weight is 269 g/mol. The minimum Gasteiger partial charge on any atom is -0.494 e. The van der Waals surface area contributed by atoms with Gasteiger partial charge in [-0.15, -0.1) is 0 Å². The first-order valence-electron chi connectivity index (χ1n) is 6.88. The van der Waals surface area contributed by atoms with Crippen LogP contribution in [0.3, 0.4) is 0 Å². The van der Waals surface area contributed by atoms with E-state index in [1.807, 2.05) is 31.6 Å². The smallest absolute Gasteiger partial charge is 0.120 e. The molecule has 0 saturated carbocycles. The Morgan fingerprint density at radius 3 is 2.75 bits per heavy atom. The van der Waals surface area contributed by atoms with Gasteiger partial charge in [0.05, 0.1) is 24.5 Å². The Morgan fingerprint density at radius 2 is 2.05 bits per heavy atom. The van der Waals surface area contributed by atoms with Crippen LogP contribution in [0.5, 0.6) is 5.75 Å². The first-order valence-corrected chi connectivity index (χ1v) is 6.88. The van der Waals surface area contributed by atoms with E-state index in [1.54, 1.807) is 0 Å². The monoisotopic (exact) mass is 269 g/mol. The lowest BCUT2D eigenvalue weighted by atomic mass is 10.2. The van der Waals surface area contributed by atoms with Crippen molar-refractivity contribution in [3.8, 4) is 5.75 Å². The highest BCUT2D eigenvalue weighted by molar-refractivity contribution is 5.81. The molecule has 4 heteroatoms. The molecule has 0 atom stereocenters. The second kappa shape index (κ2) is 5.04. The fourth-order valence-electron chi connectivity index (χ4n) is 2.56. The summed E-state index contributed by atoms with van der Waals surface area (Å²) in [6.45, 7) is 5.54. The molecule has 0 aliphatic rings. The van der Waals surface area contributed by atoms with Gasteiger partial charge in [-0.25, -0.2) is 0 Å². The van der Waals surface area contributed by atoms with Crippen molar-refractivity contribution < 1.29 is 4.74 Å². The molecule has 3 rings (SSSR count). The van der Waals surface area contributed by atoms with Gasteiger partial charge in [-0.1, -0.05) is 0 Å². The van der Waals surface area contributed by atoms with E-state index in [0.717, 1.165) is 18.0 Å². The van der Waals surface area contributed by atoms with Crippen LogP contribution in [0.1, 0.15) is 18.3 Å². The predicted molar refractivity (Wildman–Crippen MR) is 80.2 cm³/mol. The van der Waals surface area contributed by atoms with Gasteiger partial charge >= 0.3 is 0 Å². The molecule has 0 saturated heterocycles. The largest absolute Gasteiger partial charge is 0.494 e. The van der Waals surface area contributed by atoms with Crippen LogP contribution >= 0.6 is 0 Å². The molecule has 2 aromatic heterocycles. The van der Waals surface area contributed by atoms with Crippen molar-refractivity contribution in [1.82, 2.24) is 14.3 Å². The van der Waals surface area contributed by atoms with Crippen LogP contribution in [-0.4, -0.2) is 21.0 Å². The molecule has 2 heterocycles. The molecule has 3 aromatic rings. The summed E-state index contributed by atoms with van der Waals surface area (Å²) >= 11 is 0. The summed E-state index contributed by atoms with van der Waals surface area (Å²) in [5.41, 5.74) is 3.47. The zero-order valence-corrected chi connectivity index (χ0v) is 12.1. The summed E-state index contributed by atoms with van der Waals surface area (Å²) in [7, 11) is 1.99. The van der Waals surface area contributed by atoms with E-state index in [0.29, 0.717) is 6.61 Å². The molecule has 0 N–H and O–H groups in total. The Kier molecular flexibility index (Phi) is 3.22. The van der Waals surface area contributed by atoms with Gasteiger partial charge in [-0.05, 0) is 44.2 Å². The Balaban J connectivity index is 1.94. The third kappa shape index (κ3) is 2.29. The van der Waals surface area contributed by atoms with Crippen LogP contribution in [0.4, 0.5) is 0 Å². The zero-order valence-electron chi connectivity index (χ0n) is 12.1. The Labute approximate surface area is 118 Å². The van der Waals surface area contributed by atoms with Crippen molar-refractivity contribution in [3.63, 3.8) is 0 Å². The first-order chi connectivity index (χ1) is 9.67. The van der Waals surface area contributed by atoms with Crippen LogP contribution in [0.2, 0.25) is 0 Å². The minimum atomic E-state index is 0.695. The van der Waals surface area contributed by atoms with Crippen LogP contribution < -0.4 is 4.74 Å². The highest BCUT2D eigenvalue weighted by Gasteiger charge is 2.06. The zero-order chi connectivity index (χ0) is 14.1. The van der Waals surface area contributed by atoms with Crippen molar-refractivity contribution in [2.45, 2.75) is 20.4 Å². The summed E-state index contributed by atoms with van der Waals surface area (Å²) in [5.74, 6) is 0.925. The molecular weight excluding hydrogens is 250 g/mol. The summed E-state index contributed by atoms with van der Waals surface area (Å²) in [6.07, 6.45) is 2.11. The summed E-state index contributed by atoms with van der Waals surface area (Å²) < 4.78 is 9.72. The number of nitrogens with zero attached hydrogens (tertiary/aromatic N) is 3. The second-order valence-corrected chi connectivity index (χ2v) is 5.00. The summed E-state index contributed by atoms with van der Waals surface area (Å²) in [4.78, 5) is 0. The van der Waals surface area contributed by atoms with Crippen LogP contribution in [0.15, 0.2) is 36.5 Å². The number of aryl methyl sites for hydroxylation is 2. The predicted octanol–water partition coefficient (Wildman–Crippen LogP) is 3.13. The van der Waals surface area contributed by atoms with Crippen molar-refractivity contribution >= 4 is 10.9 Å². The lowest BCUT2D eigenvalue weighted by Gasteiger charge is -2.07. The van der Waals surface area contributed by atoms with Crippen LogP contribution in [-0.2, 0) is 13.6 Å². The molecule has 4 nitrogen and oxygen atoms in total. The molecule has 104 valence electrons. The van der Waals surface area contributed by atoms with E-state index < -0.39 is 0 Å². The number of hydrogen-bond donors (Lipinski definition) is 0. The fraction of sp³-hybridized carbons (Fsp3) is 0.312. The molecule has 0 unspecified atom stereocenters. The Morgan fingerprint density at radius 1 is 1.20 bits per heavy atom. The molecule has 0 aliphatic carbocycles. The second-order valence-electron chi connectivity index (χ2n) is 5.00. The number of hydrogen-bond acceptors (Lipinski definition) is 2. The fourth-order valence-corrected chi connectivity index (χ4v) is 2.56. The maximum atomic E-state index is 5.54. The molecule has 0 spiro atoms. The van der Waals surface area contributed by atoms with Gasteiger partial charge < -0.3 is 9.30 Å². The Hall–Kier alpha value is -2.23. The first kappa shape index (κ1) is 12.8. The number of rotatable bonds is 4. The van der Waals surface area contributed by atoms with Crippen molar-refractivity contribution in [2.75, 3.05) is 6.61 Å². The van der Waals surface area contributed by atoms with Gasteiger partial charge in [-0.3, -0.25) is 4.68 Å². The van der Waals surface area contributed by atoms with Crippen molar-refractivity contribution in [3.05, 3.63) is 47.9 Å². The third-order valence-electron chi connectivity index (χ3n) is 3.48. The summed E-state index contributed by atoms with van der Waals surface area (Å²) in [5, 5.41) is 5.60.